The van der Waals surface area contributed by atoms with Gasteiger partial charge in [0, 0.05) is 0 Å². The van der Waals surface area contributed by atoms with Crippen molar-refractivity contribution in [2.24, 2.45) is 5.73 Å². The Morgan fingerprint density at radius 2 is 1.50 bits per heavy atom. The highest BCUT2D eigenvalue weighted by Crippen LogP contribution is 2.37. The summed E-state index contributed by atoms with van der Waals surface area (Å²) < 4.78 is 15.2. The molecule has 1 atom stereocenters. The Balaban J connectivity index is 0.00000338. The molecule has 0 saturated carbocycles. The Kier molecular flexibility index (Phi) is 10.5. The van der Waals surface area contributed by atoms with E-state index in [-0.39, 0.29) is 18.8 Å². The zero-order valence-corrected chi connectivity index (χ0v) is 22.7. The fourth-order valence-electron chi connectivity index (χ4n) is 2.08. The number of rotatable bonds is 6. The van der Waals surface area contributed by atoms with Gasteiger partial charge in [-0.25, -0.2) is 0 Å². The minimum atomic E-state index is -1.01. The third-order valence-electron chi connectivity index (χ3n) is 3.23. The van der Waals surface area contributed by atoms with E-state index in [4.69, 9.17) is 20.3 Å². The van der Waals surface area contributed by atoms with Crippen molar-refractivity contribution in [2.45, 2.75) is 12.5 Å². The summed E-state index contributed by atoms with van der Waals surface area (Å²) in [5, 5.41) is 8.96. The monoisotopic (exact) mass is 827 g/mol. The van der Waals surface area contributed by atoms with Crippen molar-refractivity contribution in [3.05, 3.63) is 44.1 Å². The van der Waals surface area contributed by atoms with Gasteiger partial charge in [-0.15, -0.1) is 12.4 Å². The molecular formula is C16H14ClI4NO4. The van der Waals surface area contributed by atoms with E-state index in [1.54, 1.807) is 7.11 Å². The van der Waals surface area contributed by atoms with Crippen molar-refractivity contribution in [3.63, 3.8) is 0 Å². The first kappa shape index (κ1) is 24.7. The minimum Gasteiger partial charge on any atom is -0.495 e. The predicted molar refractivity (Wildman–Crippen MR) is 137 cm³/mol. The van der Waals surface area contributed by atoms with Gasteiger partial charge in [0.25, 0.3) is 0 Å². The second kappa shape index (κ2) is 11.0. The molecule has 0 aliphatic heterocycles. The number of nitrogens with two attached hydrogens (primary N) is 1. The van der Waals surface area contributed by atoms with E-state index in [1.807, 2.05) is 24.3 Å². The highest BCUT2D eigenvalue weighted by molar-refractivity contribution is 14.1. The van der Waals surface area contributed by atoms with Crippen LogP contribution in [0.15, 0.2) is 24.3 Å². The van der Waals surface area contributed by atoms with Gasteiger partial charge < -0.3 is 20.3 Å². The number of benzene rings is 2. The van der Waals surface area contributed by atoms with Crippen molar-refractivity contribution in [1.82, 2.24) is 0 Å². The van der Waals surface area contributed by atoms with Crippen molar-refractivity contribution < 1.29 is 19.4 Å². The van der Waals surface area contributed by atoms with Crippen LogP contribution in [0.5, 0.6) is 17.2 Å². The molecule has 0 saturated heterocycles. The predicted octanol–water partition coefficient (Wildman–Crippen LogP) is 5.28. The smallest absolute Gasteiger partial charge is 0.320 e. The lowest BCUT2D eigenvalue weighted by atomic mass is 10.1. The van der Waals surface area contributed by atoms with Crippen LogP contribution in [-0.4, -0.2) is 24.2 Å². The topological polar surface area (TPSA) is 81.8 Å². The fourth-order valence-corrected chi connectivity index (χ4v) is 6.35. The van der Waals surface area contributed by atoms with Crippen LogP contribution in [0, 0.1) is 14.3 Å². The van der Waals surface area contributed by atoms with Gasteiger partial charge in [0.05, 0.1) is 21.4 Å². The Morgan fingerprint density at radius 3 is 1.92 bits per heavy atom. The maximum Gasteiger partial charge on any atom is 0.320 e. The van der Waals surface area contributed by atoms with Crippen LogP contribution < -0.4 is 15.2 Å². The number of ether oxygens (including phenoxy) is 2. The van der Waals surface area contributed by atoms with Crippen LogP contribution in [0.4, 0.5) is 0 Å². The summed E-state index contributed by atoms with van der Waals surface area (Å²) in [5.74, 6) is 1.29. The standard InChI is InChI=1S/C16H13I4NO4.ClH/c1-24-14-11(19)5-8(6-12(14)20)25-15-9(17)2-7(3-10(15)18)4-13(21)16(22)23;/h2-3,5-6,13H,4,21H2,1H3,(H,22,23);1H/t13-;/m0./s1. The Labute approximate surface area is 212 Å². The normalized spacial score (nSPS) is 11.5. The van der Waals surface area contributed by atoms with Gasteiger partial charge in [0.15, 0.2) is 5.75 Å². The van der Waals surface area contributed by atoms with Crippen LogP contribution in [0.3, 0.4) is 0 Å². The second-order valence-electron chi connectivity index (χ2n) is 5.06. The molecule has 0 amide bonds. The van der Waals surface area contributed by atoms with Crippen molar-refractivity contribution >= 4 is 109 Å². The number of carbonyl (C=O) groups is 1. The fraction of sp³-hybridized carbons (Fsp3) is 0.188. The quantitative estimate of drug-likeness (QED) is 0.388. The molecule has 2 aromatic rings. The molecule has 26 heavy (non-hydrogen) atoms. The third kappa shape index (κ3) is 6.35. The largest absolute Gasteiger partial charge is 0.495 e. The zero-order chi connectivity index (χ0) is 18.7. The molecule has 0 bridgehead atoms. The maximum absolute atomic E-state index is 10.9. The Hall–Kier alpha value is 0.680. The number of halogens is 5. The van der Waals surface area contributed by atoms with Crippen LogP contribution >= 0.6 is 103 Å². The molecule has 0 unspecified atom stereocenters. The average Bonchev–Trinajstić information content (AvgIpc) is 2.50. The minimum absolute atomic E-state index is 0. The number of carboxylic acids is 1. The Bertz CT molecular complexity index is 773. The molecular weight excluding hydrogens is 813 g/mol. The second-order valence-corrected chi connectivity index (χ2v) is 9.71. The highest BCUT2D eigenvalue weighted by atomic mass is 127. The molecule has 0 spiro atoms. The first-order chi connectivity index (χ1) is 11.7. The highest BCUT2D eigenvalue weighted by Gasteiger charge is 2.17. The van der Waals surface area contributed by atoms with Crippen molar-refractivity contribution in [1.29, 1.82) is 0 Å². The van der Waals surface area contributed by atoms with Crippen LogP contribution in [0.25, 0.3) is 0 Å². The van der Waals surface area contributed by atoms with E-state index in [1.165, 1.54) is 0 Å². The average molecular weight is 827 g/mol. The molecule has 0 heterocycles. The molecule has 10 heteroatoms. The molecule has 0 radical (unpaired) electrons. The van der Waals surface area contributed by atoms with Gasteiger partial charge >= 0.3 is 5.97 Å². The molecule has 5 nitrogen and oxygen atoms in total. The van der Waals surface area contributed by atoms with E-state index in [0.29, 0.717) is 0 Å². The molecule has 142 valence electrons. The lowest BCUT2D eigenvalue weighted by Gasteiger charge is -2.15. The van der Waals surface area contributed by atoms with Gasteiger partial charge in [-0.05, 0) is 127 Å². The molecule has 3 N–H and O–H groups in total. The summed E-state index contributed by atoms with van der Waals surface area (Å²) in [6, 6.07) is 6.73. The zero-order valence-electron chi connectivity index (χ0n) is 13.3. The van der Waals surface area contributed by atoms with Crippen LogP contribution in [0.2, 0.25) is 0 Å². The third-order valence-corrected chi connectivity index (χ3v) is 6.43. The summed E-state index contributed by atoms with van der Waals surface area (Å²) in [4.78, 5) is 10.9. The van der Waals surface area contributed by atoms with Gasteiger partial charge in [-0.3, -0.25) is 4.79 Å². The van der Waals surface area contributed by atoms with Gasteiger partial charge in [-0.2, -0.15) is 0 Å². The summed E-state index contributed by atoms with van der Waals surface area (Å²) in [6.45, 7) is 0. The Morgan fingerprint density at radius 1 is 1.04 bits per heavy atom. The SMILES string of the molecule is COc1c(I)cc(Oc2c(I)cc(C[C@H](N)C(=O)O)cc2I)cc1I.Cl. The van der Waals surface area contributed by atoms with Gasteiger partial charge in [-0.1, -0.05) is 0 Å². The van der Waals surface area contributed by atoms with Crippen LogP contribution in [0.1, 0.15) is 5.56 Å². The molecule has 2 aromatic carbocycles. The number of hydrogen-bond acceptors (Lipinski definition) is 4. The summed E-state index contributed by atoms with van der Waals surface area (Å²) in [5.41, 5.74) is 6.49. The first-order valence-corrected chi connectivity index (χ1v) is 11.2. The molecule has 2 rings (SSSR count). The molecule has 0 aliphatic carbocycles. The van der Waals surface area contributed by atoms with E-state index in [9.17, 15) is 4.79 Å². The van der Waals surface area contributed by atoms with Crippen LogP contribution in [-0.2, 0) is 11.2 Å². The lowest BCUT2D eigenvalue weighted by molar-refractivity contribution is -0.138. The number of methoxy groups -OCH3 is 1. The molecule has 0 aliphatic rings. The van der Waals surface area contributed by atoms with E-state index in [2.05, 4.69) is 90.4 Å². The first-order valence-electron chi connectivity index (χ1n) is 6.90. The van der Waals surface area contributed by atoms with Gasteiger partial charge in [0.1, 0.15) is 17.5 Å². The van der Waals surface area contributed by atoms with E-state index < -0.39 is 12.0 Å². The van der Waals surface area contributed by atoms with Crippen molar-refractivity contribution in [3.8, 4) is 17.2 Å². The number of hydrogen-bond donors (Lipinski definition) is 2. The number of carboxylic acid groups (broad SMARTS) is 1. The van der Waals surface area contributed by atoms with Gasteiger partial charge in [0.2, 0.25) is 0 Å². The van der Waals surface area contributed by atoms with E-state index in [0.717, 1.165) is 37.1 Å². The summed E-state index contributed by atoms with van der Waals surface area (Å²) in [7, 11) is 1.65. The van der Waals surface area contributed by atoms with E-state index >= 15 is 0 Å². The maximum atomic E-state index is 10.9. The summed E-state index contributed by atoms with van der Waals surface area (Å²) >= 11 is 8.80. The molecule has 0 fully saturated rings. The molecule has 0 aromatic heterocycles. The summed E-state index contributed by atoms with van der Waals surface area (Å²) in [6.07, 6.45) is 0.278. The number of aliphatic carboxylic acids is 1. The lowest BCUT2D eigenvalue weighted by Crippen LogP contribution is -2.32. The van der Waals surface area contributed by atoms with Crippen molar-refractivity contribution in [2.75, 3.05) is 7.11 Å².